The van der Waals surface area contributed by atoms with Crippen molar-refractivity contribution in [1.29, 1.82) is 0 Å². The lowest BCUT2D eigenvalue weighted by molar-refractivity contribution is 1.15. The van der Waals surface area contributed by atoms with E-state index in [1.165, 1.54) is 33.4 Å². The van der Waals surface area contributed by atoms with Gasteiger partial charge in [0.2, 0.25) is 0 Å². The van der Waals surface area contributed by atoms with Crippen molar-refractivity contribution >= 4 is 0 Å². The fourth-order valence-corrected chi connectivity index (χ4v) is 3.21. The van der Waals surface area contributed by atoms with Crippen LogP contribution >= 0.6 is 0 Å². The van der Waals surface area contributed by atoms with Crippen molar-refractivity contribution in [3.63, 3.8) is 0 Å². The molecule has 4 aromatic rings. The molecule has 0 spiro atoms. The van der Waals surface area contributed by atoms with Gasteiger partial charge < -0.3 is 4.98 Å². The summed E-state index contributed by atoms with van der Waals surface area (Å²) in [6.07, 6.45) is 4.59. The number of aromatic nitrogens is 2. The standard InChI is InChI=1S/C23H20N2/c1-17-21(8-5-9-22(17)23-24-14-15-25-23)16-18-10-12-20(13-11-18)19-6-3-2-4-7-19/h2-15H,16H2,1H3,(H,24,25). The topological polar surface area (TPSA) is 28.7 Å². The summed E-state index contributed by atoms with van der Waals surface area (Å²) in [5.74, 6) is 0.929. The molecular formula is C23H20N2. The molecule has 0 fully saturated rings. The molecule has 0 aliphatic heterocycles. The van der Waals surface area contributed by atoms with Crippen molar-refractivity contribution in [3.8, 4) is 22.5 Å². The predicted octanol–water partition coefficient (Wildman–Crippen LogP) is 5.64. The van der Waals surface area contributed by atoms with E-state index in [1.807, 2.05) is 12.3 Å². The van der Waals surface area contributed by atoms with E-state index < -0.39 is 0 Å². The fourth-order valence-electron chi connectivity index (χ4n) is 3.21. The molecular weight excluding hydrogens is 304 g/mol. The van der Waals surface area contributed by atoms with Gasteiger partial charge in [-0.25, -0.2) is 4.98 Å². The molecule has 3 aromatic carbocycles. The Morgan fingerprint density at radius 1 is 0.800 bits per heavy atom. The number of nitrogens with zero attached hydrogens (tertiary/aromatic N) is 1. The first-order valence-corrected chi connectivity index (χ1v) is 8.54. The number of nitrogens with one attached hydrogen (secondary N) is 1. The second-order valence-corrected chi connectivity index (χ2v) is 6.27. The molecule has 0 aliphatic rings. The van der Waals surface area contributed by atoms with Gasteiger partial charge in [0.15, 0.2) is 0 Å². The van der Waals surface area contributed by atoms with Gasteiger partial charge in [0.05, 0.1) is 0 Å². The minimum Gasteiger partial charge on any atom is -0.345 e. The van der Waals surface area contributed by atoms with Crippen molar-refractivity contribution in [2.45, 2.75) is 13.3 Å². The largest absolute Gasteiger partial charge is 0.345 e. The summed E-state index contributed by atoms with van der Waals surface area (Å²) in [5, 5.41) is 0. The van der Waals surface area contributed by atoms with Crippen molar-refractivity contribution in [2.75, 3.05) is 0 Å². The number of imidazole rings is 1. The molecule has 0 aliphatic carbocycles. The van der Waals surface area contributed by atoms with E-state index >= 15 is 0 Å². The quantitative estimate of drug-likeness (QED) is 0.517. The molecule has 2 heteroatoms. The highest BCUT2D eigenvalue weighted by Crippen LogP contribution is 2.25. The van der Waals surface area contributed by atoms with Gasteiger partial charge in [0, 0.05) is 18.0 Å². The maximum absolute atomic E-state index is 4.39. The minimum absolute atomic E-state index is 0.926. The predicted molar refractivity (Wildman–Crippen MR) is 103 cm³/mol. The van der Waals surface area contributed by atoms with Crippen LogP contribution < -0.4 is 0 Å². The fraction of sp³-hybridized carbons (Fsp3) is 0.0870. The third-order valence-electron chi connectivity index (χ3n) is 4.65. The molecule has 1 aromatic heterocycles. The number of aromatic amines is 1. The highest BCUT2D eigenvalue weighted by atomic mass is 14.9. The van der Waals surface area contributed by atoms with E-state index in [1.54, 1.807) is 6.20 Å². The summed E-state index contributed by atoms with van der Waals surface area (Å²) in [5.41, 5.74) is 7.61. The highest BCUT2D eigenvalue weighted by Gasteiger charge is 2.08. The van der Waals surface area contributed by atoms with E-state index in [0.717, 1.165) is 12.2 Å². The number of benzene rings is 3. The van der Waals surface area contributed by atoms with Crippen molar-refractivity contribution in [3.05, 3.63) is 102 Å². The summed E-state index contributed by atoms with van der Waals surface area (Å²) in [6, 6.07) is 25.8. The zero-order chi connectivity index (χ0) is 17.1. The lowest BCUT2D eigenvalue weighted by atomic mass is 9.95. The van der Waals surface area contributed by atoms with E-state index in [9.17, 15) is 0 Å². The third-order valence-corrected chi connectivity index (χ3v) is 4.65. The molecule has 0 amide bonds. The van der Waals surface area contributed by atoms with E-state index in [-0.39, 0.29) is 0 Å². The Hall–Kier alpha value is -3.13. The second-order valence-electron chi connectivity index (χ2n) is 6.27. The average molecular weight is 324 g/mol. The number of rotatable bonds is 4. The Balaban J connectivity index is 1.60. The van der Waals surface area contributed by atoms with Gasteiger partial charge in [-0.05, 0) is 41.2 Å². The third kappa shape index (κ3) is 3.24. The smallest absolute Gasteiger partial charge is 0.137 e. The van der Waals surface area contributed by atoms with Crippen LogP contribution in [0.5, 0.6) is 0 Å². The van der Waals surface area contributed by atoms with E-state index in [2.05, 4.69) is 83.6 Å². The van der Waals surface area contributed by atoms with Crippen LogP contribution in [0.2, 0.25) is 0 Å². The van der Waals surface area contributed by atoms with Crippen LogP contribution in [0, 0.1) is 6.92 Å². The zero-order valence-electron chi connectivity index (χ0n) is 14.2. The van der Waals surface area contributed by atoms with Gasteiger partial charge in [0.1, 0.15) is 5.82 Å². The molecule has 0 bridgehead atoms. The SMILES string of the molecule is Cc1c(Cc2ccc(-c3ccccc3)cc2)cccc1-c1ncc[nH]1. The second kappa shape index (κ2) is 6.78. The summed E-state index contributed by atoms with van der Waals surface area (Å²) < 4.78 is 0. The first-order valence-electron chi connectivity index (χ1n) is 8.54. The van der Waals surface area contributed by atoms with Gasteiger partial charge in [0.25, 0.3) is 0 Å². The number of hydrogen-bond acceptors (Lipinski definition) is 1. The zero-order valence-corrected chi connectivity index (χ0v) is 14.2. The van der Waals surface area contributed by atoms with Gasteiger partial charge in [-0.3, -0.25) is 0 Å². The van der Waals surface area contributed by atoms with E-state index in [0.29, 0.717) is 0 Å². The van der Waals surface area contributed by atoms with Gasteiger partial charge in [-0.1, -0.05) is 72.8 Å². The maximum atomic E-state index is 4.39. The first kappa shape index (κ1) is 15.4. The Morgan fingerprint density at radius 3 is 2.28 bits per heavy atom. The maximum Gasteiger partial charge on any atom is 0.137 e. The summed E-state index contributed by atoms with van der Waals surface area (Å²) in [4.78, 5) is 7.58. The van der Waals surface area contributed by atoms with Gasteiger partial charge >= 0.3 is 0 Å². The van der Waals surface area contributed by atoms with Crippen LogP contribution in [0.4, 0.5) is 0 Å². The van der Waals surface area contributed by atoms with Crippen LogP contribution in [0.15, 0.2) is 85.2 Å². The molecule has 0 unspecified atom stereocenters. The molecule has 0 saturated carbocycles. The molecule has 0 radical (unpaired) electrons. The van der Waals surface area contributed by atoms with Gasteiger partial charge in [-0.2, -0.15) is 0 Å². The molecule has 1 N–H and O–H groups in total. The van der Waals surface area contributed by atoms with Crippen molar-refractivity contribution in [2.24, 2.45) is 0 Å². The Morgan fingerprint density at radius 2 is 1.56 bits per heavy atom. The summed E-state index contributed by atoms with van der Waals surface area (Å²) >= 11 is 0. The van der Waals surface area contributed by atoms with Crippen LogP contribution in [-0.4, -0.2) is 9.97 Å². The molecule has 2 nitrogen and oxygen atoms in total. The van der Waals surface area contributed by atoms with Crippen LogP contribution in [0.3, 0.4) is 0 Å². The van der Waals surface area contributed by atoms with Crippen molar-refractivity contribution in [1.82, 2.24) is 9.97 Å². The van der Waals surface area contributed by atoms with Crippen LogP contribution in [0.25, 0.3) is 22.5 Å². The minimum atomic E-state index is 0.926. The number of hydrogen-bond donors (Lipinski definition) is 1. The number of H-pyrrole nitrogens is 1. The Bertz CT molecular complexity index is 953. The molecule has 4 rings (SSSR count). The molecule has 0 saturated heterocycles. The van der Waals surface area contributed by atoms with Crippen LogP contribution in [0.1, 0.15) is 16.7 Å². The van der Waals surface area contributed by atoms with Crippen LogP contribution in [-0.2, 0) is 6.42 Å². The lowest BCUT2D eigenvalue weighted by Gasteiger charge is -2.11. The lowest BCUT2D eigenvalue weighted by Crippen LogP contribution is -1.95. The Kier molecular flexibility index (Phi) is 4.17. The normalized spacial score (nSPS) is 10.8. The monoisotopic (exact) mass is 324 g/mol. The molecule has 122 valence electrons. The van der Waals surface area contributed by atoms with Gasteiger partial charge in [-0.15, -0.1) is 0 Å². The molecule has 1 heterocycles. The molecule has 0 atom stereocenters. The molecule has 25 heavy (non-hydrogen) atoms. The van der Waals surface area contributed by atoms with E-state index in [4.69, 9.17) is 0 Å². The Labute approximate surface area is 148 Å². The highest BCUT2D eigenvalue weighted by molar-refractivity contribution is 5.64. The first-order chi connectivity index (χ1) is 12.3. The summed E-state index contributed by atoms with van der Waals surface area (Å²) in [7, 11) is 0. The summed E-state index contributed by atoms with van der Waals surface area (Å²) in [6.45, 7) is 2.17. The van der Waals surface area contributed by atoms with Crippen molar-refractivity contribution < 1.29 is 0 Å². The average Bonchev–Trinajstić information content (AvgIpc) is 3.19.